The average molecular weight is 524 g/mol. The summed E-state index contributed by atoms with van der Waals surface area (Å²) in [6.07, 6.45) is 0.380. The van der Waals surface area contributed by atoms with Crippen LogP contribution in [0.4, 0.5) is 8.78 Å². The number of benzene rings is 2. The van der Waals surface area contributed by atoms with E-state index in [9.17, 15) is 28.3 Å². The third kappa shape index (κ3) is 6.08. The SMILES string of the molecule is Bc1c(OCc2ccc(F)cc2F)nc(C)n(-c2cc(C(=O)NCC(O)C(=O)NC3CC3)ccc2C)c1=O. The van der Waals surface area contributed by atoms with E-state index in [2.05, 4.69) is 15.6 Å². The first kappa shape index (κ1) is 27.0. The Hall–Kier alpha value is -4.06. The second kappa shape index (κ2) is 11.1. The van der Waals surface area contributed by atoms with Gasteiger partial charge in [0.05, 0.1) is 12.2 Å². The number of ether oxygens (including phenoxy) is 1. The van der Waals surface area contributed by atoms with Crippen LogP contribution >= 0.6 is 0 Å². The number of halogens is 2. The summed E-state index contributed by atoms with van der Waals surface area (Å²) in [6, 6.07) is 7.96. The number of amides is 2. The lowest BCUT2D eigenvalue weighted by Gasteiger charge is -2.17. The van der Waals surface area contributed by atoms with Crippen LogP contribution in [0, 0.1) is 25.5 Å². The van der Waals surface area contributed by atoms with Crippen LogP contribution in [-0.4, -0.2) is 53.0 Å². The summed E-state index contributed by atoms with van der Waals surface area (Å²) in [5.41, 5.74) is 1.16. The molecule has 12 heteroatoms. The first-order valence-corrected chi connectivity index (χ1v) is 12.1. The molecule has 2 amide bonds. The first-order valence-electron chi connectivity index (χ1n) is 12.1. The fourth-order valence-corrected chi connectivity index (χ4v) is 3.80. The molecule has 1 aromatic heterocycles. The fourth-order valence-electron chi connectivity index (χ4n) is 3.80. The van der Waals surface area contributed by atoms with Crippen LogP contribution < -0.4 is 26.4 Å². The summed E-state index contributed by atoms with van der Waals surface area (Å²) in [4.78, 5) is 42.3. The molecule has 38 heavy (non-hydrogen) atoms. The number of nitrogens with one attached hydrogen (secondary N) is 2. The molecule has 0 bridgehead atoms. The van der Waals surface area contributed by atoms with E-state index in [0.29, 0.717) is 11.3 Å². The van der Waals surface area contributed by atoms with Gasteiger partial charge >= 0.3 is 0 Å². The number of aliphatic hydroxyl groups excluding tert-OH is 1. The molecule has 198 valence electrons. The number of carbonyl (C=O) groups is 2. The van der Waals surface area contributed by atoms with Gasteiger partial charge in [0.1, 0.15) is 30.2 Å². The largest absolute Gasteiger partial charge is 0.473 e. The van der Waals surface area contributed by atoms with Crippen LogP contribution in [0.15, 0.2) is 41.2 Å². The minimum absolute atomic E-state index is 0.0116. The van der Waals surface area contributed by atoms with Crippen molar-refractivity contribution in [2.45, 2.75) is 45.4 Å². The second-order valence-electron chi connectivity index (χ2n) is 9.26. The van der Waals surface area contributed by atoms with Gasteiger partial charge in [-0.2, -0.15) is 0 Å². The van der Waals surface area contributed by atoms with Gasteiger partial charge in [0.2, 0.25) is 5.88 Å². The van der Waals surface area contributed by atoms with Crippen molar-refractivity contribution in [3.05, 3.63) is 80.9 Å². The first-order chi connectivity index (χ1) is 18.0. The van der Waals surface area contributed by atoms with Gasteiger partial charge in [0, 0.05) is 28.7 Å². The smallest absolute Gasteiger partial charge is 0.255 e. The van der Waals surface area contributed by atoms with E-state index in [-0.39, 0.29) is 47.5 Å². The van der Waals surface area contributed by atoms with Gasteiger partial charge in [-0.3, -0.25) is 19.0 Å². The zero-order valence-corrected chi connectivity index (χ0v) is 21.2. The Morgan fingerprint density at radius 1 is 1.21 bits per heavy atom. The molecule has 1 unspecified atom stereocenters. The van der Waals surface area contributed by atoms with E-state index < -0.39 is 35.1 Å². The van der Waals surface area contributed by atoms with Crippen molar-refractivity contribution in [1.82, 2.24) is 20.2 Å². The molecule has 0 spiro atoms. The monoisotopic (exact) mass is 524 g/mol. The van der Waals surface area contributed by atoms with Gasteiger partial charge < -0.3 is 20.5 Å². The molecule has 1 atom stereocenters. The Labute approximate surface area is 218 Å². The van der Waals surface area contributed by atoms with E-state index in [1.807, 2.05) is 0 Å². The molecule has 1 fully saturated rings. The highest BCUT2D eigenvalue weighted by atomic mass is 19.1. The fraction of sp³-hybridized carbons (Fsp3) is 0.308. The van der Waals surface area contributed by atoms with Crippen molar-refractivity contribution in [1.29, 1.82) is 0 Å². The topological polar surface area (TPSA) is 123 Å². The third-order valence-corrected chi connectivity index (χ3v) is 6.21. The van der Waals surface area contributed by atoms with E-state index in [0.717, 1.165) is 25.0 Å². The molecule has 3 aromatic rings. The third-order valence-electron chi connectivity index (χ3n) is 6.21. The lowest BCUT2D eigenvalue weighted by molar-refractivity contribution is -0.129. The van der Waals surface area contributed by atoms with Gasteiger partial charge in [-0.15, -0.1) is 0 Å². The van der Waals surface area contributed by atoms with Crippen molar-refractivity contribution in [3.8, 4) is 11.6 Å². The number of rotatable bonds is 9. The number of aliphatic hydroxyl groups is 1. The second-order valence-corrected chi connectivity index (χ2v) is 9.26. The number of aromatic nitrogens is 2. The predicted octanol–water partition coefficient (Wildman–Crippen LogP) is 0.334. The Morgan fingerprint density at radius 3 is 2.63 bits per heavy atom. The Balaban J connectivity index is 1.52. The maximum absolute atomic E-state index is 14.0. The van der Waals surface area contributed by atoms with Crippen molar-refractivity contribution in [3.63, 3.8) is 0 Å². The molecule has 1 aliphatic rings. The Bertz CT molecular complexity index is 1460. The minimum Gasteiger partial charge on any atom is -0.473 e. The highest BCUT2D eigenvalue weighted by Gasteiger charge is 2.26. The quantitative estimate of drug-likeness (QED) is 0.347. The highest BCUT2D eigenvalue weighted by Crippen LogP contribution is 2.19. The lowest BCUT2D eigenvalue weighted by atomic mass is 9.98. The zero-order valence-electron chi connectivity index (χ0n) is 21.2. The normalized spacial score (nSPS) is 13.6. The molecule has 2 aromatic carbocycles. The van der Waals surface area contributed by atoms with Crippen LogP contribution in [0.1, 0.15) is 40.2 Å². The minimum atomic E-state index is -1.38. The summed E-state index contributed by atoms with van der Waals surface area (Å²) < 4.78 is 34.0. The van der Waals surface area contributed by atoms with Crippen molar-refractivity contribution in [2.24, 2.45) is 0 Å². The summed E-state index contributed by atoms with van der Waals surface area (Å²) in [6.45, 7) is 2.85. The Kier molecular flexibility index (Phi) is 7.91. The molecule has 0 saturated heterocycles. The summed E-state index contributed by atoms with van der Waals surface area (Å²) in [5.74, 6) is -2.26. The van der Waals surface area contributed by atoms with Crippen LogP contribution in [0.5, 0.6) is 5.88 Å². The molecule has 3 N–H and O–H groups in total. The maximum Gasteiger partial charge on any atom is 0.255 e. The van der Waals surface area contributed by atoms with Crippen molar-refractivity contribution < 1.29 is 28.2 Å². The molecular weight excluding hydrogens is 497 g/mol. The summed E-state index contributed by atoms with van der Waals surface area (Å²) in [5, 5.41) is 15.2. The lowest BCUT2D eigenvalue weighted by Crippen LogP contribution is -2.43. The standard InChI is InChI=1S/C26H27BF2N4O5/c1-13-3-4-15(23(35)30-11-21(34)24(36)32-18-7-8-18)9-20(13)33-14(2)31-25(22(27)26(33)37)38-12-16-5-6-17(28)10-19(16)29/h3-6,9-10,18,21,34H,7-8,11-12,27H2,1-2H3,(H,30,35)(H,32,36). The number of carbonyl (C=O) groups excluding carboxylic acids is 2. The number of nitrogens with zero attached hydrogens (tertiary/aromatic N) is 2. The Morgan fingerprint density at radius 2 is 1.95 bits per heavy atom. The molecule has 4 rings (SSSR count). The molecule has 9 nitrogen and oxygen atoms in total. The van der Waals surface area contributed by atoms with Crippen LogP contribution in [0.3, 0.4) is 0 Å². The van der Waals surface area contributed by atoms with Crippen LogP contribution in [-0.2, 0) is 11.4 Å². The summed E-state index contributed by atoms with van der Waals surface area (Å²) in [7, 11) is 1.52. The van der Waals surface area contributed by atoms with Crippen molar-refractivity contribution in [2.75, 3.05) is 6.54 Å². The number of aryl methyl sites for hydroxylation is 2. The summed E-state index contributed by atoms with van der Waals surface area (Å²) >= 11 is 0. The molecule has 0 aliphatic heterocycles. The average Bonchev–Trinajstić information content (AvgIpc) is 3.69. The molecule has 0 radical (unpaired) electrons. The van der Waals surface area contributed by atoms with Gasteiger partial charge in [-0.1, -0.05) is 6.07 Å². The van der Waals surface area contributed by atoms with E-state index >= 15 is 0 Å². The zero-order chi connectivity index (χ0) is 27.6. The van der Waals surface area contributed by atoms with Crippen molar-refractivity contribution >= 4 is 25.1 Å². The molecular formula is C26H27BF2N4O5. The maximum atomic E-state index is 14.0. The van der Waals surface area contributed by atoms with Crippen LogP contribution in [0.2, 0.25) is 0 Å². The van der Waals surface area contributed by atoms with E-state index in [1.54, 1.807) is 26.0 Å². The van der Waals surface area contributed by atoms with E-state index in [1.165, 1.54) is 24.5 Å². The van der Waals surface area contributed by atoms with Gasteiger partial charge in [-0.05, 0) is 56.5 Å². The van der Waals surface area contributed by atoms with E-state index in [4.69, 9.17) is 4.74 Å². The van der Waals surface area contributed by atoms with Gasteiger partial charge in [0.15, 0.2) is 7.85 Å². The number of hydrogen-bond donors (Lipinski definition) is 3. The molecule has 1 aliphatic carbocycles. The van der Waals surface area contributed by atoms with Gasteiger partial charge in [-0.25, -0.2) is 13.8 Å². The molecule has 1 heterocycles. The molecule has 1 saturated carbocycles. The highest BCUT2D eigenvalue weighted by molar-refractivity contribution is 6.33. The van der Waals surface area contributed by atoms with Crippen LogP contribution in [0.25, 0.3) is 5.69 Å². The number of hydrogen-bond acceptors (Lipinski definition) is 6. The van der Waals surface area contributed by atoms with Gasteiger partial charge in [0.25, 0.3) is 17.4 Å². The predicted molar refractivity (Wildman–Crippen MR) is 138 cm³/mol.